The molecule has 1 heterocycles. The Morgan fingerprint density at radius 1 is 1.50 bits per heavy atom. The molecule has 0 aromatic rings. The molecule has 0 bridgehead atoms. The number of alkyl halides is 3. The van der Waals surface area contributed by atoms with Crippen LogP contribution in [0.25, 0.3) is 0 Å². The summed E-state index contributed by atoms with van der Waals surface area (Å²) in [5.41, 5.74) is -0.732. The molecule has 1 aliphatic rings. The van der Waals surface area contributed by atoms with Crippen molar-refractivity contribution >= 4 is 12.6 Å². The third-order valence-corrected chi connectivity index (χ3v) is 1.73. The van der Waals surface area contributed by atoms with Crippen LogP contribution < -0.4 is 5.06 Å². The Bertz CT molecular complexity index is 246. The fourth-order valence-corrected chi connectivity index (χ4v) is 1.10. The average Bonchev–Trinajstić information content (AvgIpc) is 2.29. The highest BCUT2D eigenvalue weighted by Gasteiger charge is 2.39. The molecule has 0 aromatic heterocycles. The van der Waals surface area contributed by atoms with Gasteiger partial charge in [-0.2, -0.15) is 18.0 Å². The van der Waals surface area contributed by atoms with E-state index >= 15 is 0 Å². The predicted molar refractivity (Wildman–Crippen MR) is 39.2 cm³/mol. The number of rotatable bonds is 1. The second-order valence-corrected chi connectivity index (χ2v) is 2.68. The van der Waals surface area contributed by atoms with Gasteiger partial charge >= 0.3 is 6.18 Å². The summed E-state index contributed by atoms with van der Waals surface area (Å²) in [5.74, 6) is 0. The largest absolute Gasteiger partial charge is 0.421 e. The minimum atomic E-state index is -4.33. The summed E-state index contributed by atoms with van der Waals surface area (Å²) >= 11 is 3.81. The van der Waals surface area contributed by atoms with Crippen LogP contribution in [0.4, 0.5) is 13.2 Å². The van der Waals surface area contributed by atoms with Gasteiger partial charge in [0.25, 0.3) is 0 Å². The van der Waals surface area contributed by atoms with Gasteiger partial charge in [0.2, 0.25) is 5.03 Å². The van der Waals surface area contributed by atoms with Crippen molar-refractivity contribution in [1.82, 2.24) is 0 Å². The van der Waals surface area contributed by atoms with Crippen LogP contribution in [0, 0.1) is 0 Å². The molecule has 12 heavy (non-hydrogen) atoms. The van der Waals surface area contributed by atoms with Crippen LogP contribution in [-0.4, -0.2) is 13.3 Å². The second-order valence-electron chi connectivity index (χ2n) is 2.20. The molecule has 0 saturated heterocycles. The number of nitrogens with one attached hydrogen (secondary N) is 1. The van der Waals surface area contributed by atoms with Gasteiger partial charge in [0.15, 0.2) is 0 Å². The van der Waals surface area contributed by atoms with Crippen molar-refractivity contribution in [2.24, 2.45) is 0 Å². The number of allylic oxidation sites excluding steroid dienone is 2. The molecule has 1 N–H and O–H groups in total. The Kier molecular flexibility index (Phi) is 2.50. The van der Waals surface area contributed by atoms with Gasteiger partial charge in [-0.15, -0.1) is 5.06 Å². The molecule has 0 saturated carbocycles. The maximum absolute atomic E-state index is 12.0. The van der Waals surface area contributed by atoms with E-state index in [4.69, 9.17) is 0 Å². The van der Waals surface area contributed by atoms with Gasteiger partial charge in [-0.3, -0.25) is 0 Å². The van der Waals surface area contributed by atoms with E-state index in [0.29, 0.717) is 0 Å². The van der Waals surface area contributed by atoms with E-state index in [0.717, 1.165) is 12.3 Å². The van der Waals surface area contributed by atoms with Gasteiger partial charge in [-0.25, -0.2) is 0 Å². The lowest BCUT2D eigenvalue weighted by Crippen LogP contribution is -3.02. The molecule has 0 aromatic carbocycles. The van der Waals surface area contributed by atoms with Crippen LogP contribution in [0.3, 0.4) is 0 Å². The van der Waals surface area contributed by atoms with E-state index in [1.807, 2.05) is 0 Å². The smallest absolute Gasteiger partial charge is 0.197 e. The molecule has 6 heteroatoms. The van der Waals surface area contributed by atoms with Gasteiger partial charge in [0, 0.05) is 6.08 Å². The zero-order valence-electron chi connectivity index (χ0n) is 6.14. The lowest BCUT2D eigenvalue weighted by Gasteiger charge is -2.03. The van der Waals surface area contributed by atoms with Crippen LogP contribution in [0.15, 0.2) is 22.9 Å². The van der Waals surface area contributed by atoms with Crippen molar-refractivity contribution in [3.63, 3.8) is 0 Å². The van der Waals surface area contributed by atoms with E-state index in [-0.39, 0.29) is 10.1 Å². The van der Waals surface area contributed by atoms with E-state index in [1.54, 1.807) is 0 Å². The molecule has 1 rings (SSSR count). The minimum absolute atomic E-state index is 0.144. The van der Waals surface area contributed by atoms with Crippen molar-refractivity contribution in [2.45, 2.75) is 6.18 Å². The van der Waals surface area contributed by atoms with E-state index in [2.05, 4.69) is 17.5 Å². The molecule has 1 unspecified atom stereocenters. The molecular formula is C6H7F3NOS+. The Balaban J connectivity index is 2.85. The number of hydrogen-bond acceptors (Lipinski definition) is 2. The molecule has 1 aliphatic heterocycles. The number of quaternary nitrogens is 1. The maximum atomic E-state index is 12.0. The first-order valence-corrected chi connectivity index (χ1v) is 3.50. The SMILES string of the molecule is CO[NH+]1C=C(C(F)(F)F)C=C1S. The van der Waals surface area contributed by atoms with Crippen LogP contribution >= 0.6 is 12.6 Å². The van der Waals surface area contributed by atoms with Crippen molar-refractivity contribution in [1.29, 1.82) is 0 Å². The molecule has 0 fully saturated rings. The summed E-state index contributed by atoms with van der Waals surface area (Å²) in [7, 11) is 1.30. The summed E-state index contributed by atoms with van der Waals surface area (Å²) in [6.07, 6.45) is -2.47. The van der Waals surface area contributed by atoms with Crippen LogP contribution in [0.2, 0.25) is 0 Å². The van der Waals surface area contributed by atoms with E-state index in [1.165, 1.54) is 7.11 Å². The number of hydroxylamine groups is 2. The Hall–Kier alpha value is -0.460. The lowest BCUT2D eigenvalue weighted by atomic mass is 10.3. The lowest BCUT2D eigenvalue weighted by molar-refractivity contribution is -1.01. The maximum Gasteiger partial charge on any atom is 0.421 e. The molecule has 2 nitrogen and oxygen atoms in total. The summed E-state index contributed by atoms with van der Waals surface area (Å²) < 4.78 is 36.1. The van der Waals surface area contributed by atoms with Crippen molar-refractivity contribution in [3.8, 4) is 0 Å². The van der Waals surface area contributed by atoms with Gasteiger partial charge in [-0.05, 0) is 0 Å². The molecule has 1 atom stereocenters. The van der Waals surface area contributed by atoms with Crippen LogP contribution in [0.1, 0.15) is 0 Å². The predicted octanol–water partition coefficient (Wildman–Crippen LogP) is 0.664. The fourth-order valence-electron chi connectivity index (χ4n) is 0.802. The van der Waals surface area contributed by atoms with Crippen molar-refractivity contribution in [2.75, 3.05) is 7.11 Å². The van der Waals surface area contributed by atoms with Crippen molar-refractivity contribution in [3.05, 3.63) is 22.9 Å². The molecule has 0 aliphatic carbocycles. The standard InChI is InChI=1S/C6H6F3NOS/c1-11-10-3-4(2-5(10)12)6(7,8)9/h2-3,12H,1H3/p+1. The highest BCUT2D eigenvalue weighted by molar-refractivity contribution is 7.84. The number of halogens is 3. The summed E-state index contributed by atoms with van der Waals surface area (Å²) in [5, 5.41) is 0.343. The Morgan fingerprint density at radius 3 is 2.33 bits per heavy atom. The zero-order valence-corrected chi connectivity index (χ0v) is 7.04. The average molecular weight is 198 g/mol. The zero-order chi connectivity index (χ0) is 9.35. The van der Waals surface area contributed by atoms with Crippen LogP contribution in [-0.2, 0) is 4.84 Å². The summed E-state index contributed by atoms with van der Waals surface area (Å²) in [6.45, 7) is 0. The third kappa shape index (κ3) is 1.82. The van der Waals surface area contributed by atoms with Gasteiger partial charge in [0.1, 0.15) is 11.8 Å². The third-order valence-electron chi connectivity index (χ3n) is 1.38. The monoisotopic (exact) mass is 198 g/mol. The Morgan fingerprint density at radius 2 is 2.08 bits per heavy atom. The first-order chi connectivity index (χ1) is 5.45. The highest BCUT2D eigenvalue weighted by Crippen LogP contribution is 2.28. The summed E-state index contributed by atoms with van der Waals surface area (Å²) in [6, 6.07) is 0. The molecule has 0 spiro atoms. The first-order valence-electron chi connectivity index (χ1n) is 3.06. The quantitative estimate of drug-likeness (QED) is 0.591. The van der Waals surface area contributed by atoms with Crippen LogP contribution in [0.5, 0.6) is 0 Å². The fraction of sp³-hybridized carbons (Fsp3) is 0.333. The molecular weight excluding hydrogens is 191 g/mol. The van der Waals surface area contributed by atoms with Crippen molar-refractivity contribution < 1.29 is 23.1 Å². The summed E-state index contributed by atoms with van der Waals surface area (Å²) in [4.78, 5) is 4.64. The Labute approximate surface area is 72.7 Å². The molecule has 68 valence electrons. The normalized spacial score (nSPS) is 23.9. The van der Waals surface area contributed by atoms with Gasteiger partial charge < -0.3 is 0 Å². The molecule has 0 amide bonds. The first kappa shape index (κ1) is 9.63. The van der Waals surface area contributed by atoms with Gasteiger partial charge in [-0.1, -0.05) is 12.6 Å². The second kappa shape index (κ2) is 3.12. The van der Waals surface area contributed by atoms with E-state index < -0.39 is 11.7 Å². The number of hydrogen-bond donors (Lipinski definition) is 2. The number of thiol groups is 1. The van der Waals surface area contributed by atoms with Gasteiger partial charge in [0.05, 0.1) is 7.11 Å². The highest BCUT2D eigenvalue weighted by atomic mass is 32.1. The minimum Gasteiger partial charge on any atom is -0.197 e. The molecule has 0 radical (unpaired) electrons. The van der Waals surface area contributed by atoms with E-state index in [9.17, 15) is 13.2 Å². The topological polar surface area (TPSA) is 13.7 Å².